The Balaban J connectivity index is 1.21. The Morgan fingerprint density at radius 1 is 0.750 bits per heavy atom. The van der Waals surface area contributed by atoms with Gasteiger partial charge in [0.15, 0.2) is 0 Å². The predicted octanol–water partition coefficient (Wildman–Crippen LogP) is 9.16. The van der Waals surface area contributed by atoms with Crippen molar-refractivity contribution >= 4 is 45.4 Å². The van der Waals surface area contributed by atoms with Gasteiger partial charge < -0.3 is 29.2 Å². The average Bonchev–Trinajstić information content (AvgIpc) is 3.79. The Bertz CT molecular complexity index is 2880. The Kier molecular flexibility index (Phi) is 9.40. The third kappa shape index (κ3) is 6.67. The monoisotopic (exact) mass is 770 g/mol. The minimum absolute atomic E-state index is 0.146. The van der Waals surface area contributed by atoms with Crippen molar-refractivity contribution in [1.82, 2.24) is 20.6 Å². The molecule has 0 fully saturated rings. The maximum absolute atomic E-state index is 15.0. The Morgan fingerprint density at radius 3 is 2.09 bits per heavy atom. The number of carbonyl (C=O) groups excluding carboxylic acids is 2. The van der Waals surface area contributed by atoms with Gasteiger partial charge in [-0.2, -0.15) is 0 Å². The molecule has 56 heavy (non-hydrogen) atoms. The van der Waals surface area contributed by atoms with Gasteiger partial charge in [-0.05, 0) is 95.1 Å². The number of nitrogens with zero attached hydrogens (tertiary/aromatic N) is 1. The number of H-pyrrole nitrogens is 1. The fourth-order valence-electron chi connectivity index (χ4n) is 6.65. The summed E-state index contributed by atoms with van der Waals surface area (Å²) in [4.78, 5) is 46.3. The van der Waals surface area contributed by atoms with Crippen LogP contribution in [0.15, 0.2) is 123 Å². The van der Waals surface area contributed by atoms with Crippen LogP contribution in [-0.2, 0) is 6.54 Å². The Hall–Kier alpha value is -7.05. The fraction of sp³-hybridized carbons (Fsp3) is 0.0698. The van der Waals surface area contributed by atoms with E-state index in [1.807, 2.05) is 0 Å². The van der Waals surface area contributed by atoms with Gasteiger partial charge >= 0.3 is 0 Å². The molecule has 0 aliphatic carbocycles. The second-order valence-electron chi connectivity index (χ2n) is 12.8. The van der Waals surface area contributed by atoms with Crippen LogP contribution in [0.25, 0.3) is 66.8 Å². The molecule has 0 aliphatic heterocycles. The molecule has 4 heterocycles. The Labute approximate surface area is 321 Å². The van der Waals surface area contributed by atoms with Crippen LogP contribution in [0.2, 0.25) is 5.02 Å². The van der Waals surface area contributed by atoms with Crippen LogP contribution >= 0.6 is 11.6 Å². The van der Waals surface area contributed by atoms with Crippen LogP contribution in [0.5, 0.6) is 5.88 Å². The van der Waals surface area contributed by atoms with E-state index in [-0.39, 0.29) is 34.8 Å². The molecule has 4 aromatic carbocycles. The molecule has 13 heteroatoms. The summed E-state index contributed by atoms with van der Waals surface area (Å²) in [6.07, 6.45) is 3.04. The van der Waals surface area contributed by atoms with Crippen molar-refractivity contribution < 1.29 is 31.9 Å². The number of hydrogen-bond donors (Lipinski definition) is 3. The first-order chi connectivity index (χ1) is 27.1. The maximum Gasteiger partial charge on any atom is 0.256 e. The summed E-state index contributed by atoms with van der Waals surface area (Å²) in [5, 5.41) is 6.84. The lowest BCUT2D eigenvalue weighted by molar-refractivity contribution is 0.0947. The number of methoxy groups -OCH3 is 1. The molecular formula is C43H29ClF2N4O6. The molecule has 8 rings (SSSR count). The van der Waals surface area contributed by atoms with Crippen molar-refractivity contribution in [1.29, 1.82) is 0 Å². The smallest absolute Gasteiger partial charge is 0.256 e. The van der Waals surface area contributed by atoms with Crippen molar-refractivity contribution in [2.75, 3.05) is 14.2 Å². The Morgan fingerprint density at radius 2 is 1.39 bits per heavy atom. The van der Waals surface area contributed by atoms with Crippen molar-refractivity contribution in [2.24, 2.45) is 0 Å². The van der Waals surface area contributed by atoms with Crippen LogP contribution in [0.4, 0.5) is 8.78 Å². The number of rotatable bonds is 9. The van der Waals surface area contributed by atoms with Gasteiger partial charge in [0.2, 0.25) is 11.4 Å². The van der Waals surface area contributed by atoms with Gasteiger partial charge in [0.1, 0.15) is 34.3 Å². The van der Waals surface area contributed by atoms with E-state index in [0.717, 1.165) is 5.56 Å². The quantitative estimate of drug-likeness (QED) is 0.133. The first-order valence-corrected chi connectivity index (χ1v) is 17.6. The lowest BCUT2D eigenvalue weighted by Gasteiger charge is -2.12. The van der Waals surface area contributed by atoms with Gasteiger partial charge in [-0.25, -0.2) is 13.8 Å². The van der Waals surface area contributed by atoms with Crippen LogP contribution < -0.4 is 20.9 Å². The fourth-order valence-corrected chi connectivity index (χ4v) is 6.86. The SMILES string of the molecule is CNC(=O)c1c(-c2ccc(F)cc2CNC(=O)c2c(-c3ccc(F)cc3)oc3ccc(-c4cc(OC)ncc4Cl)cc23)oc2ccc(-c3ccc(=O)[nH]c3)cc12. The van der Waals surface area contributed by atoms with Gasteiger partial charge in [-0.15, -0.1) is 0 Å². The molecule has 0 saturated carbocycles. The zero-order chi connectivity index (χ0) is 39.1. The second kappa shape index (κ2) is 14.6. The predicted molar refractivity (Wildman–Crippen MR) is 209 cm³/mol. The average molecular weight is 771 g/mol. The molecule has 8 aromatic rings. The molecule has 0 atom stereocenters. The third-order valence-electron chi connectivity index (χ3n) is 9.38. The van der Waals surface area contributed by atoms with E-state index in [2.05, 4.69) is 20.6 Å². The van der Waals surface area contributed by atoms with Gasteiger partial charge in [-0.1, -0.05) is 23.7 Å². The number of aromatic amines is 1. The largest absolute Gasteiger partial charge is 0.481 e. The standard InChI is InChI=1S/C43H29ClF2N4O6/c1-47-42(52)39-31-16-23(25-7-14-36(51)48-19-25)5-12-35(31)56-41(39)29-11-10-28(46)15-26(29)20-50-43(53)38-32-17-24(30-18-37(54-2)49-21-33(30)44)6-13-34(32)55-40(38)22-3-8-27(45)9-4-22/h3-19,21H,20H2,1-2H3,(H,47,52)(H,48,51)(H,50,53). The molecule has 0 unspecified atom stereocenters. The van der Waals surface area contributed by atoms with E-state index < -0.39 is 23.4 Å². The highest BCUT2D eigenvalue weighted by Gasteiger charge is 2.26. The highest BCUT2D eigenvalue weighted by molar-refractivity contribution is 6.33. The third-order valence-corrected chi connectivity index (χ3v) is 9.68. The molecule has 2 amide bonds. The number of pyridine rings is 2. The number of nitrogens with one attached hydrogen (secondary N) is 3. The number of aromatic nitrogens is 2. The lowest BCUT2D eigenvalue weighted by atomic mass is 9.98. The van der Waals surface area contributed by atoms with E-state index in [9.17, 15) is 23.2 Å². The number of hydrogen-bond acceptors (Lipinski definition) is 7. The summed E-state index contributed by atoms with van der Waals surface area (Å²) in [6.45, 7) is -0.193. The summed E-state index contributed by atoms with van der Waals surface area (Å²) in [7, 11) is 2.97. The first-order valence-electron chi connectivity index (χ1n) is 17.2. The number of benzene rings is 4. The van der Waals surface area contributed by atoms with Crippen LogP contribution in [0.1, 0.15) is 26.3 Å². The van der Waals surface area contributed by atoms with Crippen molar-refractivity contribution in [3.63, 3.8) is 0 Å². The summed E-state index contributed by atoms with van der Waals surface area (Å²) in [5.41, 5.74) is 4.67. The van der Waals surface area contributed by atoms with Crippen molar-refractivity contribution in [2.45, 2.75) is 6.54 Å². The first kappa shape index (κ1) is 36.0. The number of ether oxygens (including phenoxy) is 1. The number of halogens is 3. The topological polar surface area (TPSA) is 139 Å². The van der Waals surface area contributed by atoms with Gasteiger partial charge in [0.25, 0.3) is 11.8 Å². The highest BCUT2D eigenvalue weighted by Crippen LogP contribution is 2.40. The minimum Gasteiger partial charge on any atom is -0.481 e. The molecule has 278 valence electrons. The van der Waals surface area contributed by atoms with E-state index in [4.69, 9.17) is 25.2 Å². The summed E-state index contributed by atoms with van der Waals surface area (Å²) in [5.74, 6) is -1.38. The molecule has 0 saturated heterocycles. The lowest BCUT2D eigenvalue weighted by Crippen LogP contribution is -2.24. The normalized spacial score (nSPS) is 11.2. The summed E-state index contributed by atoms with van der Waals surface area (Å²) >= 11 is 6.53. The number of carbonyl (C=O) groups is 2. The second-order valence-corrected chi connectivity index (χ2v) is 13.2. The van der Waals surface area contributed by atoms with Gasteiger partial charge in [0.05, 0.1) is 29.5 Å². The molecule has 0 aliphatic rings. The molecule has 4 aromatic heterocycles. The molecular weight excluding hydrogens is 742 g/mol. The summed E-state index contributed by atoms with van der Waals surface area (Å²) in [6, 6.07) is 24.8. The molecule has 3 N–H and O–H groups in total. The van der Waals surface area contributed by atoms with Gasteiger partial charge in [-0.3, -0.25) is 14.4 Å². The highest BCUT2D eigenvalue weighted by atomic mass is 35.5. The van der Waals surface area contributed by atoms with E-state index in [0.29, 0.717) is 66.2 Å². The van der Waals surface area contributed by atoms with Crippen LogP contribution in [-0.4, -0.2) is 35.9 Å². The minimum atomic E-state index is -0.578. The molecule has 0 spiro atoms. The van der Waals surface area contributed by atoms with Crippen LogP contribution in [0, 0.1) is 11.6 Å². The number of amides is 2. The molecule has 0 bridgehead atoms. The van der Waals surface area contributed by atoms with E-state index in [1.54, 1.807) is 54.7 Å². The van der Waals surface area contributed by atoms with E-state index >= 15 is 0 Å². The molecule has 10 nitrogen and oxygen atoms in total. The number of fused-ring (bicyclic) bond motifs is 2. The van der Waals surface area contributed by atoms with Crippen LogP contribution in [0.3, 0.4) is 0 Å². The van der Waals surface area contributed by atoms with E-state index in [1.165, 1.54) is 68.9 Å². The zero-order valence-electron chi connectivity index (χ0n) is 29.6. The zero-order valence-corrected chi connectivity index (χ0v) is 30.4. The maximum atomic E-state index is 15.0. The van der Waals surface area contributed by atoms with Crippen molar-refractivity contribution in [3.8, 4) is 50.8 Å². The van der Waals surface area contributed by atoms with Crippen molar-refractivity contribution in [3.05, 3.63) is 153 Å². The molecule has 0 radical (unpaired) electrons. The van der Waals surface area contributed by atoms with Gasteiger partial charge in [0, 0.05) is 59.4 Å². The summed E-state index contributed by atoms with van der Waals surface area (Å²) < 4.78 is 46.8. The number of furan rings is 2.